The first kappa shape index (κ1) is 24.0. The van der Waals surface area contributed by atoms with E-state index in [0.717, 1.165) is 33.8 Å². The summed E-state index contributed by atoms with van der Waals surface area (Å²) in [6, 6.07) is 13.6. The average molecular weight is 470 g/mol. The second-order valence-corrected chi connectivity index (χ2v) is 9.41. The maximum Gasteiger partial charge on any atom is 0.260 e. The maximum atomic E-state index is 13.4. The van der Waals surface area contributed by atoms with Gasteiger partial charge in [0.15, 0.2) is 5.13 Å². The molecule has 2 aromatic carbocycles. The summed E-state index contributed by atoms with van der Waals surface area (Å²) in [4.78, 5) is 23.1. The van der Waals surface area contributed by atoms with Crippen molar-refractivity contribution in [2.75, 3.05) is 37.8 Å². The van der Waals surface area contributed by atoms with Crippen LogP contribution in [-0.4, -0.2) is 48.7 Å². The monoisotopic (exact) mass is 469 g/mol. The Morgan fingerprint density at radius 1 is 1.17 bits per heavy atom. The summed E-state index contributed by atoms with van der Waals surface area (Å²) in [5.74, 6) is 0.952. The average Bonchev–Trinajstić information content (AvgIpc) is 3.10. The van der Waals surface area contributed by atoms with Crippen molar-refractivity contribution in [1.29, 1.82) is 0 Å². The van der Waals surface area contributed by atoms with E-state index < -0.39 is 0 Å². The highest BCUT2D eigenvalue weighted by Crippen LogP contribution is 2.33. The highest BCUT2D eigenvalue weighted by atomic mass is 35.5. The Kier molecular flexibility index (Phi) is 9.24. The molecule has 0 saturated heterocycles. The van der Waals surface area contributed by atoms with Crippen LogP contribution in [0.3, 0.4) is 0 Å². The van der Waals surface area contributed by atoms with Gasteiger partial charge in [0.05, 0.1) is 9.72 Å². The number of halogens is 2. The van der Waals surface area contributed by atoms with Gasteiger partial charge in [-0.1, -0.05) is 42.0 Å². The van der Waals surface area contributed by atoms with Crippen LogP contribution in [0.4, 0.5) is 5.13 Å². The lowest BCUT2D eigenvalue weighted by molar-refractivity contribution is 0.0986. The third kappa shape index (κ3) is 6.09. The van der Waals surface area contributed by atoms with Crippen molar-refractivity contribution in [3.05, 3.63) is 53.1 Å². The molecule has 1 amide bonds. The summed E-state index contributed by atoms with van der Waals surface area (Å²) in [6.07, 6.45) is 0.867. The zero-order valence-corrected chi connectivity index (χ0v) is 19.9. The number of benzene rings is 2. The zero-order valence-electron chi connectivity index (χ0n) is 16.7. The molecule has 0 aliphatic heterocycles. The molecule has 1 aromatic heterocycles. The molecule has 0 bridgehead atoms. The molecule has 0 aliphatic rings. The standard InChI is InChI=1S/C21H24ClN3OS2.ClH/c1-4-27-16-9-5-8-15(14-16)20(26)25(13-7-12-24(2)3)21-23-19-17(22)10-6-11-18(19)28-21;/h5-6,8-11,14H,4,7,12-13H2,1-3H3;1H. The van der Waals surface area contributed by atoms with Gasteiger partial charge in [-0.3, -0.25) is 9.69 Å². The Morgan fingerprint density at radius 2 is 1.93 bits per heavy atom. The van der Waals surface area contributed by atoms with Crippen molar-refractivity contribution in [2.45, 2.75) is 18.2 Å². The zero-order chi connectivity index (χ0) is 20.1. The molecule has 3 rings (SSSR count). The number of thioether (sulfide) groups is 1. The Morgan fingerprint density at radius 3 is 2.62 bits per heavy atom. The topological polar surface area (TPSA) is 36.4 Å². The van der Waals surface area contributed by atoms with E-state index in [1.165, 1.54) is 11.3 Å². The predicted octanol–water partition coefficient (Wildman–Crippen LogP) is 6.08. The lowest BCUT2D eigenvalue weighted by Crippen LogP contribution is -2.33. The van der Waals surface area contributed by atoms with Gasteiger partial charge in [-0.15, -0.1) is 24.2 Å². The van der Waals surface area contributed by atoms with E-state index in [9.17, 15) is 4.79 Å². The largest absolute Gasteiger partial charge is 0.309 e. The Hall–Kier alpha value is -1.31. The van der Waals surface area contributed by atoms with E-state index in [-0.39, 0.29) is 18.3 Å². The van der Waals surface area contributed by atoms with Crippen LogP contribution in [0, 0.1) is 0 Å². The van der Waals surface area contributed by atoms with E-state index in [1.807, 2.05) is 56.6 Å². The molecule has 8 heteroatoms. The van der Waals surface area contributed by atoms with E-state index >= 15 is 0 Å². The second kappa shape index (κ2) is 11.2. The van der Waals surface area contributed by atoms with Crippen LogP contribution in [0.25, 0.3) is 10.2 Å². The van der Waals surface area contributed by atoms with Crippen LogP contribution in [0.15, 0.2) is 47.4 Å². The third-order valence-corrected chi connectivity index (χ3v) is 6.44. The highest BCUT2D eigenvalue weighted by molar-refractivity contribution is 7.99. The molecular weight excluding hydrogens is 445 g/mol. The summed E-state index contributed by atoms with van der Waals surface area (Å²) in [7, 11) is 4.07. The number of hydrogen-bond acceptors (Lipinski definition) is 5. The molecule has 0 aliphatic carbocycles. The fraction of sp³-hybridized carbons (Fsp3) is 0.333. The van der Waals surface area contributed by atoms with Gasteiger partial charge in [0.2, 0.25) is 0 Å². The van der Waals surface area contributed by atoms with Crippen molar-refractivity contribution in [1.82, 2.24) is 9.88 Å². The predicted molar refractivity (Wildman–Crippen MR) is 130 cm³/mol. The molecule has 0 atom stereocenters. The minimum atomic E-state index is -0.0208. The molecule has 29 heavy (non-hydrogen) atoms. The summed E-state index contributed by atoms with van der Waals surface area (Å²) in [5.41, 5.74) is 1.44. The second-order valence-electron chi connectivity index (χ2n) is 6.66. The number of amides is 1. The first-order valence-corrected chi connectivity index (χ1v) is 11.4. The van der Waals surface area contributed by atoms with Crippen molar-refractivity contribution in [3.63, 3.8) is 0 Å². The number of nitrogens with zero attached hydrogens (tertiary/aromatic N) is 3. The van der Waals surface area contributed by atoms with Gasteiger partial charge < -0.3 is 4.90 Å². The van der Waals surface area contributed by atoms with E-state index in [4.69, 9.17) is 11.6 Å². The third-order valence-electron chi connectivity index (χ3n) is 4.21. The highest BCUT2D eigenvalue weighted by Gasteiger charge is 2.22. The fourth-order valence-electron chi connectivity index (χ4n) is 2.89. The first-order valence-electron chi connectivity index (χ1n) is 9.24. The van der Waals surface area contributed by atoms with Gasteiger partial charge in [0, 0.05) is 17.0 Å². The molecule has 0 saturated carbocycles. The number of aromatic nitrogens is 1. The number of para-hydroxylation sites is 1. The van der Waals surface area contributed by atoms with Gasteiger partial charge in [-0.2, -0.15) is 0 Å². The summed E-state index contributed by atoms with van der Waals surface area (Å²) in [5, 5.41) is 1.31. The summed E-state index contributed by atoms with van der Waals surface area (Å²) in [6.45, 7) is 3.62. The van der Waals surface area contributed by atoms with Gasteiger partial charge in [0.25, 0.3) is 5.91 Å². The van der Waals surface area contributed by atoms with Crippen LogP contribution < -0.4 is 4.90 Å². The molecule has 4 nitrogen and oxygen atoms in total. The number of carbonyl (C=O) groups excluding carboxylic acids is 1. The molecule has 0 radical (unpaired) electrons. The minimum absolute atomic E-state index is 0. The van der Waals surface area contributed by atoms with E-state index in [0.29, 0.717) is 22.3 Å². The van der Waals surface area contributed by atoms with Crippen LogP contribution >= 0.6 is 47.1 Å². The van der Waals surface area contributed by atoms with Crippen LogP contribution in [-0.2, 0) is 0 Å². The van der Waals surface area contributed by atoms with Crippen molar-refractivity contribution >= 4 is 68.4 Å². The quantitative estimate of drug-likeness (QED) is 0.374. The number of anilines is 1. The normalized spacial score (nSPS) is 10.9. The number of hydrogen-bond donors (Lipinski definition) is 0. The maximum absolute atomic E-state index is 13.4. The molecule has 0 N–H and O–H groups in total. The van der Waals surface area contributed by atoms with Crippen LogP contribution in [0.2, 0.25) is 5.02 Å². The number of fused-ring (bicyclic) bond motifs is 1. The lowest BCUT2D eigenvalue weighted by atomic mass is 10.2. The van der Waals surface area contributed by atoms with Gasteiger partial charge >= 0.3 is 0 Å². The summed E-state index contributed by atoms with van der Waals surface area (Å²) < 4.78 is 0.989. The molecule has 1 heterocycles. The van der Waals surface area contributed by atoms with E-state index in [2.05, 4.69) is 16.8 Å². The lowest BCUT2D eigenvalue weighted by Gasteiger charge is -2.21. The smallest absolute Gasteiger partial charge is 0.260 e. The molecule has 156 valence electrons. The molecule has 0 unspecified atom stereocenters. The van der Waals surface area contributed by atoms with Gasteiger partial charge in [-0.05, 0) is 63.1 Å². The van der Waals surface area contributed by atoms with Crippen molar-refractivity contribution in [3.8, 4) is 0 Å². The SMILES string of the molecule is CCSc1cccc(C(=O)N(CCCN(C)C)c2nc3c(Cl)cccc3s2)c1.Cl. The molecular formula is C21H25Cl2N3OS2. The molecule has 0 spiro atoms. The Bertz CT molecular complexity index is 962. The van der Waals surface area contributed by atoms with Gasteiger partial charge in [0.1, 0.15) is 5.52 Å². The van der Waals surface area contributed by atoms with Crippen molar-refractivity contribution in [2.24, 2.45) is 0 Å². The number of rotatable bonds is 8. The first-order chi connectivity index (χ1) is 13.5. The summed E-state index contributed by atoms with van der Waals surface area (Å²) >= 11 is 9.54. The van der Waals surface area contributed by atoms with Crippen LogP contribution in [0.5, 0.6) is 0 Å². The fourth-order valence-corrected chi connectivity index (χ4v) is 4.90. The Labute approximate surface area is 191 Å². The van der Waals surface area contributed by atoms with E-state index in [1.54, 1.807) is 16.7 Å². The Balaban J connectivity index is 0.00000300. The minimum Gasteiger partial charge on any atom is -0.309 e. The molecule has 3 aromatic rings. The van der Waals surface area contributed by atoms with Gasteiger partial charge in [-0.25, -0.2) is 4.98 Å². The van der Waals surface area contributed by atoms with Crippen LogP contribution in [0.1, 0.15) is 23.7 Å². The number of thiazole rings is 1. The van der Waals surface area contributed by atoms with Crippen molar-refractivity contribution < 1.29 is 4.79 Å². The number of carbonyl (C=O) groups is 1. The molecule has 0 fully saturated rings.